The van der Waals surface area contributed by atoms with Crippen LogP contribution in [0.1, 0.15) is 17.0 Å². The highest BCUT2D eigenvalue weighted by Gasteiger charge is 2.18. The van der Waals surface area contributed by atoms with Gasteiger partial charge in [0.2, 0.25) is 0 Å². The lowest BCUT2D eigenvalue weighted by molar-refractivity contribution is 0.270. The van der Waals surface area contributed by atoms with Crippen molar-refractivity contribution in [2.45, 2.75) is 19.5 Å². The summed E-state index contributed by atoms with van der Waals surface area (Å²) in [5.74, 6) is 0.866. The normalized spacial score (nSPS) is 15.2. The van der Waals surface area contributed by atoms with Crippen molar-refractivity contribution in [1.82, 2.24) is 19.2 Å². The van der Waals surface area contributed by atoms with Crippen LogP contribution >= 0.6 is 0 Å². The van der Waals surface area contributed by atoms with Crippen LogP contribution in [-0.2, 0) is 26.6 Å². The quantitative estimate of drug-likeness (QED) is 0.805. The molecule has 3 rings (SSSR count). The van der Waals surface area contributed by atoms with E-state index in [2.05, 4.69) is 16.1 Å². The number of aryl methyl sites for hydroxylation is 1. The Hall–Kier alpha value is -2.39. The van der Waals surface area contributed by atoms with Gasteiger partial charge in [0.25, 0.3) is 0 Å². The van der Waals surface area contributed by atoms with E-state index in [0.717, 1.165) is 31.9 Å². The Labute approximate surface area is 122 Å². The summed E-state index contributed by atoms with van der Waals surface area (Å²) >= 11 is 0. The van der Waals surface area contributed by atoms with Gasteiger partial charge in [-0.05, 0) is 17.7 Å². The zero-order chi connectivity index (χ0) is 14.8. The first-order chi connectivity index (χ1) is 10.2. The zero-order valence-electron chi connectivity index (χ0n) is 12.0. The fourth-order valence-electron chi connectivity index (χ4n) is 2.68. The highest BCUT2D eigenvalue weighted by atomic mass is 16.2. The second-order valence-electron chi connectivity index (χ2n) is 5.31. The molecule has 0 aliphatic carbocycles. The van der Waals surface area contributed by atoms with Gasteiger partial charge in [-0.1, -0.05) is 12.1 Å². The first-order valence-electron chi connectivity index (χ1n) is 7.01. The molecule has 1 aliphatic heterocycles. The largest absolute Gasteiger partial charge is 0.345 e. The number of hydrogen-bond acceptors (Lipinski definition) is 4. The van der Waals surface area contributed by atoms with Crippen LogP contribution in [-0.4, -0.2) is 32.3 Å². The molecule has 2 heterocycles. The maximum atomic E-state index is 11.9. The number of rotatable bonds is 2. The Balaban J connectivity index is 1.69. The number of fused-ring (bicyclic) bond motifs is 1. The molecule has 0 bridgehead atoms. The maximum absolute atomic E-state index is 11.9. The summed E-state index contributed by atoms with van der Waals surface area (Å²) in [5, 5.41) is 13.1. The van der Waals surface area contributed by atoms with Gasteiger partial charge in [0.15, 0.2) is 0 Å². The maximum Gasteiger partial charge on any atom is 0.345 e. The minimum Gasteiger partial charge on any atom is -0.297 e. The molecule has 0 amide bonds. The molecule has 0 spiro atoms. The summed E-state index contributed by atoms with van der Waals surface area (Å²) in [6, 6.07) is 9.78. The molecule has 0 saturated carbocycles. The summed E-state index contributed by atoms with van der Waals surface area (Å²) in [6.45, 7) is 3.23. The molecule has 0 saturated heterocycles. The lowest BCUT2D eigenvalue weighted by atomic mass is 10.1. The van der Waals surface area contributed by atoms with E-state index in [1.54, 1.807) is 11.6 Å². The van der Waals surface area contributed by atoms with Crippen molar-refractivity contribution < 1.29 is 0 Å². The van der Waals surface area contributed by atoms with Crippen LogP contribution in [0.4, 0.5) is 0 Å². The van der Waals surface area contributed by atoms with Crippen LogP contribution in [0.15, 0.2) is 29.1 Å². The van der Waals surface area contributed by atoms with Crippen molar-refractivity contribution in [3.63, 3.8) is 0 Å². The van der Waals surface area contributed by atoms with Gasteiger partial charge >= 0.3 is 5.69 Å². The fourth-order valence-corrected chi connectivity index (χ4v) is 2.68. The van der Waals surface area contributed by atoms with Gasteiger partial charge in [-0.25, -0.2) is 9.48 Å². The predicted molar refractivity (Wildman–Crippen MR) is 77.6 cm³/mol. The number of nitrogens with zero attached hydrogens (tertiary/aromatic N) is 5. The van der Waals surface area contributed by atoms with Crippen LogP contribution in [0.2, 0.25) is 0 Å². The number of aromatic nitrogens is 3. The van der Waals surface area contributed by atoms with Crippen molar-refractivity contribution in [2.24, 2.45) is 7.05 Å². The predicted octanol–water partition coefficient (Wildman–Crippen LogP) is 0.512. The molecular weight excluding hydrogens is 266 g/mol. The molecule has 21 heavy (non-hydrogen) atoms. The molecule has 6 heteroatoms. The second-order valence-corrected chi connectivity index (χ2v) is 5.31. The molecule has 108 valence electrons. The number of hydrogen-bond donors (Lipinski definition) is 0. The van der Waals surface area contributed by atoms with Crippen LogP contribution in [0.5, 0.6) is 0 Å². The van der Waals surface area contributed by atoms with Crippen molar-refractivity contribution in [3.05, 3.63) is 51.7 Å². The Morgan fingerprint density at radius 2 is 2.00 bits per heavy atom. The summed E-state index contributed by atoms with van der Waals surface area (Å²) in [6.07, 6.45) is 0.784. The van der Waals surface area contributed by atoms with Gasteiger partial charge in [0, 0.05) is 39.6 Å². The zero-order valence-corrected chi connectivity index (χ0v) is 12.0. The van der Waals surface area contributed by atoms with E-state index in [1.807, 2.05) is 24.3 Å². The van der Waals surface area contributed by atoms with E-state index in [9.17, 15) is 4.79 Å². The minimum atomic E-state index is -0.0368. The van der Waals surface area contributed by atoms with Crippen LogP contribution in [0.3, 0.4) is 0 Å². The Morgan fingerprint density at radius 1 is 1.24 bits per heavy atom. The van der Waals surface area contributed by atoms with Crippen molar-refractivity contribution in [2.75, 3.05) is 13.1 Å². The lowest BCUT2D eigenvalue weighted by Gasteiger charge is -2.19. The topological polar surface area (TPSA) is 66.8 Å². The highest BCUT2D eigenvalue weighted by Crippen LogP contribution is 2.10. The van der Waals surface area contributed by atoms with E-state index < -0.39 is 0 Å². The van der Waals surface area contributed by atoms with E-state index in [0.29, 0.717) is 12.1 Å². The Kier molecular flexibility index (Phi) is 3.59. The van der Waals surface area contributed by atoms with Crippen LogP contribution in [0.25, 0.3) is 0 Å². The fraction of sp³-hybridized carbons (Fsp3) is 0.400. The van der Waals surface area contributed by atoms with Crippen molar-refractivity contribution >= 4 is 0 Å². The smallest absolute Gasteiger partial charge is 0.297 e. The third-order valence-electron chi connectivity index (χ3n) is 3.87. The van der Waals surface area contributed by atoms with Crippen LogP contribution < -0.4 is 5.69 Å². The van der Waals surface area contributed by atoms with Gasteiger partial charge in [0.05, 0.1) is 11.6 Å². The van der Waals surface area contributed by atoms with Gasteiger partial charge < -0.3 is 0 Å². The average molecular weight is 283 g/mol. The van der Waals surface area contributed by atoms with Gasteiger partial charge in [-0.15, -0.1) is 0 Å². The van der Waals surface area contributed by atoms with Gasteiger partial charge in [-0.2, -0.15) is 10.4 Å². The van der Waals surface area contributed by atoms with E-state index in [1.165, 1.54) is 10.2 Å². The Bertz CT molecular complexity index is 735. The third kappa shape index (κ3) is 2.73. The molecular formula is C15H17N5O. The molecule has 0 radical (unpaired) electrons. The lowest BCUT2D eigenvalue weighted by Crippen LogP contribution is -2.29. The summed E-state index contributed by atoms with van der Waals surface area (Å²) in [7, 11) is 1.69. The average Bonchev–Trinajstić information content (AvgIpc) is 2.66. The molecule has 1 aliphatic rings. The van der Waals surface area contributed by atoms with Crippen LogP contribution in [0, 0.1) is 11.3 Å². The van der Waals surface area contributed by atoms with E-state index in [4.69, 9.17) is 5.26 Å². The van der Waals surface area contributed by atoms with Gasteiger partial charge in [0.1, 0.15) is 5.82 Å². The number of benzene rings is 1. The van der Waals surface area contributed by atoms with Gasteiger partial charge in [-0.3, -0.25) is 9.47 Å². The highest BCUT2D eigenvalue weighted by molar-refractivity contribution is 5.31. The Morgan fingerprint density at radius 3 is 2.71 bits per heavy atom. The molecule has 6 nitrogen and oxygen atoms in total. The molecule has 0 fully saturated rings. The van der Waals surface area contributed by atoms with Crippen molar-refractivity contribution in [1.29, 1.82) is 5.26 Å². The molecule has 1 aromatic carbocycles. The second kappa shape index (κ2) is 5.54. The molecule has 0 unspecified atom stereocenters. The first-order valence-corrected chi connectivity index (χ1v) is 7.01. The van der Waals surface area contributed by atoms with Crippen molar-refractivity contribution in [3.8, 4) is 6.07 Å². The molecule has 1 aromatic heterocycles. The molecule has 2 aromatic rings. The summed E-state index contributed by atoms with van der Waals surface area (Å²) < 4.78 is 3.17. The number of nitriles is 1. The minimum absolute atomic E-state index is 0.0368. The van der Waals surface area contributed by atoms with E-state index >= 15 is 0 Å². The summed E-state index contributed by atoms with van der Waals surface area (Å²) in [5.41, 5.74) is 1.82. The van der Waals surface area contributed by atoms with E-state index in [-0.39, 0.29) is 5.69 Å². The third-order valence-corrected chi connectivity index (χ3v) is 3.87. The monoisotopic (exact) mass is 283 g/mol. The SMILES string of the molecule is Cn1nc2n(c1=O)CCN(Cc1ccc(C#N)cc1)CC2. The summed E-state index contributed by atoms with van der Waals surface area (Å²) in [4.78, 5) is 14.2. The molecule has 0 atom stereocenters. The molecule has 0 N–H and O–H groups in total. The standard InChI is InChI=1S/C15H17N5O/c1-18-15(21)20-9-8-19(7-6-14(20)17-18)11-13-4-2-12(10-16)3-5-13/h2-5H,6-9,11H2,1H3. The first kappa shape index (κ1) is 13.6.